The summed E-state index contributed by atoms with van der Waals surface area (Å²) in [6.45, 7) is 6.73. The van der Waals surface area contributed by atoms with Crippen LogP contribution in [0.25, 0.3) is 0 Å². The van der Waals surface area contributed by atoms with Gasteiger partial charge in [-0.1, -0.05) is 30.3 Å². The first kappa shape index (κ1) is 29.5. The molecule has 2 unspecified atom stereocenters. The summed E-state index contributed by atoms with van der Waals surface area (Å²) in [5.41, 5.74) is 1.26. The molecule has 2 aliphatic rings. The minimum absolute atomic E-state index is 0.0188. The second-order valence-electron chi connectivity index (χ2n) is 10.2. The van der Waals surface area contributed by atoms with Crippen LogP contribution in [0.2, 0.25) is 0 Å². The summed E-state index contributed by atoms with van der Waals surface area (Å²) in [6, 6.07) is 11.6. The van der Waals surface area contributed by atoms with Crippen molar-refractivity contribution in [3.63, 3.8) is 0 Å². The van der Waals surface area contributed by atoms with Crippen molar-refractivity contribution in [1.29, 1.82) is 0 Å². The predicted octanol–water partition coefficient (Wildman–Crippen LogP) is 3.84. The van der Waals surface area contributed by atoms with Crippen LogP contribution in [0.1, 0.15) is 50.0 Å². The zero-order valence-corrected chi connectivity index (χ0v) is 23.3. The fraction of sp³-hybridized carbons (Fsp3) is 0.483. The fourth-order valence-corrected chi connectivity index (χ4v) is 5.06. The molecule has 11 nitrogen and oxygen atoms in total. The molecule has 5 atom stereocenters. The summed E-state index contributed by atoms with van der Waals surface area (Å²) < 4.78 is 29.2. The Balaban J connectivity index is 1.72. The Morgan fingerprint density at radius 3 is 2.55 bits per heavy atom. The molecule has 0 saturated carbocycles. The number of phenolic OH excluding ortho intramolecular Hbond substituents is 1. The largest absolute Gasteiger partial charge is 0.508 e. The molecule has 2 aromatic carbocycles. The molecule has 216 valence electrons. The lowest BCUT2D eigenvalue weighted by Gasteiger charge is -2.37. The van der Waals surface area contributed by atoms with Gasteiger partial charge in [-0.25, -0.2) is 4.79 Å². The Morgan fingerprint density at radius 2 is 1.88 bits per heavy atom. The SMILES string of the molecule is CCOC(=O)CC(C1O[C@H]2OC(C)(C)O[C@H]2[C@@H]1OC)N(Cc1ccccc1O)C(=O)Nc1cccc(C(C)=O)c1. The summed E-state index contributed by atoms with van der Waals surface area (Å²) in [4.78, 5) is 40.1. The lowest BCUT2D eigenvalue weighted by atomic mass is 9.98. The van der Waals surface area contributed by atoms with Gasteiger partial charge in [-0.15, -0.1) is 0 Å². The number of esters is 1. The van der Waals surface area contributed by atoms with Gasteiger partial charge >= 0.3 is 12.0 Å². The van der Waals surface area contributed by atoms with E-state index in [0.717, 1.165) is 0 Å². The van der Waals surface area contributed by atoms with E-state index in [1.54, 1.807) is 63.2 Å². The number of anilines is 1. The minimum Gasteiger partial charge on any atom is -0.508 e. The van der Waals surface area contributed by atoms with Crippen molar-refractivity contribution < 1.29 is 43.2 Å². The quantitative estimate of drug-likeness (QED) is 0.331. The number of ketones is 1. The number of carbonyl (C=O) groups excluding carboxylic acids is 3. The molecule has 2 aliphatic heterocycles. The van der Waals surface area contributed by atoms with Gasteiger partial charge in [0.25, 0.3) is 0 Å². The zero-order chi connectivity index (χ0) is 29.0. The summed E-state index contributed by atoms with van der Waals surface area (Å²) in [5, 5.41) is 13.4. The van der Waals surface area contributed by atoms with E-state index in [0.29, 0.717) is 16.8 Å². The van der Waals surface area contributed by atoms with Crippen LogP contribution in [0, 0.1) is 0 Å². The van der Waals surface area contributed by atoms with Crippen molar-refractivity contribution in [2.75, 3.05) is 19.0 Å². The van der Waals surface area contributed by atoms with E-state index in [4.69, 9.17) is 23.7 Å². The third-order valence-electron chi connectivity index (χ3n) is 6.87. The van der Waals surface area contributed by atoms with E-state index < -0.39 is 48.4 Å². The Bertz CT molecular complexity index is 1230. The van der Waals surface area contributed by atoms with E-state index in [9.17, 15) is 19.5 Å². The molecule has 40 heavy (non-hydrogen) atoms. The first-order valence-corrected chi connectivity index (χ1v) is 13.2. The topological polar surface area (TPSA) is 133 Å². The van der Waals surface area contributed by atoms with Crippen LogP contribution in [0.15, 0.2) is 48.5 Å². The Kier molecular flexibility index (Phi) is 9.09. The number of phenols is 1. The molecule has 0 radical (unpaired) electrons. The molecule has 2 saturated heterocycles. The van der Waals surface area contributed by atoms with Gasteiger partial charge in [-0.05, 0) is 45.9 Å². The summed E-state index contributed by atoms with van der Waals surface area (Å²) in [7, 11) is 1.50. The maximum atomic E-state index is 13.9. The molecule has 0 bridgehead atoms. The van der Waals surface area contributed by atoms with E-state index in [2.05, 4.69) is 5.32 Å². The van der Waals surface area contributed by atoms with Crippen LogP contribution in [0.5, 0.6) is 5.75 Å². The molecule has 2 aromatic rings. The van der Waals surface area contributed by atoms with Crippen LogP contribution >= 0.6 is 0 Å². The van der Waals surface area contributed by atoms with Crippen molar-refractivity contribution in [3.8, 4) is 5.75 Å². The molecule has 4 rings (SSSR count). The molecule has 0 spiro atoms. The normalized spacial score (nSPS) is 23.7. The van der Waals surface area contributed by atoms with Crippen LogP contribution < -0.4 is 5.32 Å². The van der Waals surface area contributed by atoms with Crippen LogP contribution in [0.3, 0.4) is 0 Å². The molecule has 11 heteroatoms. The molecule has 2 N–H and O–H groups in total. The van der Waals surface area contributed by atoms with Gasteiger partial charge in [0.2, 0.25) is 0 Å². The van der Waals surface area contributed by atoms with Gasteiger partial charge in [0.1, 0.15) is 24.1 Å². The highest BCUT2D eigenvalue weighted by atomic mass is 16.8. The second-order valence-corrected chi connectivity index (χ2v) is 10.2. The zero-order valence-electron chi connectivity index (χ0n) is 23.3. The fourth-order valence-electron chi connectivity index (χ4n) is 5.06. The van der Waals surface area contributed by atoms with Crippen LogP contribution in [-0.4, -0.2) is 77.9 Å². The van der Waals surface area contributed by atoms with Crippen molar-refractivity contribution >= 4 is 23.5 Å². The number of Topliss-reactive ketones (excluding diaryl/α,β-unsaturated/α-hetero) is 1. The number of carbonyl (C=O) groups is 3. The highest BCUT2D eigenvalue weighted by Gasteiger charge is 2.58. The number of methoxy groups -OCH3 is 1. The number of fused-ring (bicyclic) bond motifs is 1. The molecule has 0 aromatic heterocycles. The van der Waals surface area contributed by atoms with Crippen LogP contribution in [-0.2, 0) is 35.0 Å². The average molecular weight is 557 g/mol. The third-order valence-corrected chi connectivity index (χ3v) is 6.87. The third kappa shape index (κ3) is 6.61. The van der Waals surface area contributed by atoms with E-state index in [1.807, 2.05) is 0 Å². The van der Waals surface area contributed by atoms with Crippen molar-refractivity contribution in [1.82, 2.24) is 4.90 Å². The summed E-state index contributed by atoms with van der Waals surface area (Å²) >= 11 is 0. The van der Waals surface area contributed by atoms with E-state index in [1.165, 1.54) is 25.0 Å². The number of nitrogens with one attached hydrogen (secondary N) is 1. The summed E-state index contributed by atoms with van der Waals surface area (Å²) in [6.07, 6.45) is -3.14. The van der Waals surface area contributed by atoms with Crippen molar-refractivity contribution in [2.45, 2.75) is 77.1 Å². The maximum Gasteiger partial charge on any atom is 0.322 e. The molecular weight excluding hydrogens is 520 g/mol. The monoisotopic (exact) mass is 556 g/mol. The Morgan fingerprint density at radius 1 is 1.12 bits per heavy atom. The maximum absolute atomic E-state index is 13.9. The number of benzene rings is 2. The molecular formula is C29H36N2O9. The molecule has 2 heterocycles. The first-order valence-electron chi connectivity index (χ1n) is 13.2. The highest BCUT2D eigenvalue weighted by molar-refractivity contribution is 5.96. The predicted molar refractivity (Wildman–Crippen MR) is 144 cm³/mol. The standard InChI is InChI=1S/C29H36N2O9/c1-6-37-23(34)15-21(24-25(36-5)26-27(38-24)40-29(3,4)39-26)31(16-19-10-7-8-13-22(19)33)28(35)30-20-12-9-11-18(14-20)17(2)32/h7-14,21,24-27,33H,6,15-16H2,1-5H3,(H,30,35)/t21?,24?,25-,26+,27+/m1/s1. The molecule has 0 aliphatic carbocycles. The number of amides is 2. The Labute approximate surface area is 233 Å². The number of hydrogen-bond acceptors (Lipinski definition) is 9. The number of aromatic hydroxyl groups is 1. The second kappa shape index (κ2) is 12.3. The van der Waals surface area contributed by atoms with Gasteiger partial charge in [0.05, 0.1) is 25.6 Å². The van der Waals surface area contributed by atoms with E-state index >= 15 is 0 Å². The van der Waals surface area contributed by atoms with E-state index in [-0.39, 0.29) is 31.1 Å². The highest BCUT2D eigenvalue weighted by Crippen LogP contribution is 2.41. The first-order chi connectivity index (χ1) is 19.0. The number of urea groups is 1. The lowest BCUT2D eigenvalue weighted by molar-refractivity contribution is -0.223. The molecule has 2 amide bonds. The van der Waals surface area contributed by atoms with Crippen molar-refractivity contribution in [2.24, 2.45) is 0 Å². The average Bonchev–Trinajstić information content (AvgIpc) is 3.38. The number of hydrogen-bond donors (Lipinski definition) is 2. The van der Waals surface area contributed by atoms with Crippen LogP contribution in [0.4, 0.5) is 10.5 Å². The Hall–Kier alpha value is -3.51. The summed E-state index contributed by atoms with van der Waals surface area (Å²) in [5.74, 6) is -1.62. The lowest BCUT2D eigenvalue weighted by Crippen LogP contribution is -2.54. The number of nitrogens with zero attached hydrogens (tertiary/aromatic N) is 1. The molecule has 2 fully saturated rings. The van der Waals surface area contributed by atoms with Gasteiger partial charge in [0, 0.05) is 23.9 Å². The minimum atomic E-state index is -0.916. The van der Waals surface area contributed by atoms with Gasteiger partial charge in [0.15, 0.2) is 17.9 Å². The smallest absolute Gasteiger partial charge is 0.322 e. The number of rotatable bonds is 10. The van der Waals surface area contributed by atoms with Gasteiger partial charge in [-0.2, -0.15) is 0 Å². The van der Waals surface area contributed by atoms with Gasteiger partial charge < -0.3 is 39.0 Å². The van der Waals surface area contributed by atoms with Crippen molar-refractivity contribution in [3.05, 3.63) is 59.7 Å². The van der Waals surface area contributed by atoms with Gasteiger partial charge in [-0.3, -0.25) is 9.59 Å². The number of ether oxygens (including phenoxy) is 5. The number of para-hydroxylation sites is 1.